The summed E-state index contributed by atoms with van der Waals surface area (Å²) in [5, 5.41) is 3.60. The molecule has 0 saturated heterocycles. The van der Waals surface area contributed by atoms with E-state index in [1.165, 1.54) is 0 Å². The van der Waals surface area contributed by atoms with E-state index >= 15 is 0 Å². The maximum Gasteiger partial charge on any atom is 0.365 e. The number of fused-ring (bicyclic) bond motifs is 1. The number of carbonyl (C=O) groups is 2. The first kappa shape index (κ1) is 19.0. The van der Waals surface area contributed by atoms with Gasteiger partial charge in [0.05, 0.1) is 18.9 Å². The minimum absolute atomic E-state index is 0.0836. The van der Waals surface area contributed by atoms with Gasteiger partial charge in [0, 0.05) is 5.02 Å². The molecule has 0 aliphatic carbocycles. The predicted molar refractivity (Wildman–Crippen MR) is 101 cm³/mol. The van der Waals surface area contributed by atoms with E-state index in [4.69, 9.17) is 25.8 Å². The fourth-order valence-corrected chi connectivity index (χ4v) is 3.29. The third-order valence-corrected chi connectivity index (χ3v) is 4.58. The maximum atomic E-state index is 13.0. The zero-order valence-corrected chi connectivity index (χ0v) is 15.8. The normalized spacial score (nSPS) is 17.1. The molecular formula is C20H20ClNO5. The Morgan fingerprint density at radius 1 is 1.04 bits per heavy atom. The molecule has 7 heteroatoms. The summed E-state index contributed by atoms with van der Waals surface area (Å²) in [5.74, 6) is -1.33. The van der Waals surface area contributed by atoms with E-state index in [2.05, 4.69) is 5.32 Å². The molecule has 0 unspecified atom stereocenters. The zero-order valence-electron chi connectivity index (χ0n) is 15.0. The van der Waals surface area contributed by atoms with Crippen molar-refractivity contribution in [2.75, 3.05) is 18.5 Å². The van der Waals surface area contributed by atoms with Crippen LogP contribution in [-0.4, -0.2) is 30.8 Å². The summed E-state index contributed by atoms with van der Waals surface area (Å²) in [6.07, 6.45) is 0. The Morgan fingerprint density at radius 2 is 1.63 bits per heavy atom. The Labute approximate surface area is 162 Å². The van der Waals surface area contributed by atoms with Gasteiger partial charge < -0.3 is 19.5 Å². The minimum atomic E-state index is -2.06. The first-order valence-electron chi connectivity index (χ1n) is 8.68. The van der Waals surface area contributed by atoms with Crippen molar-refractivity contribution < 1.29 is 23.8 Å². The molecule has 0 fully saturated rings. The van der Waals surface area contributed by atoms with E-state index in [0.717, 1.165) is 0 Å². The number of para-hydroxylation sites is 2. The molecule has 27 heavy (non-hydrogen) atoms. The lowest BCUT2D eigenvalue weighted by atomic mass is 9.86. The fraction of sp³-hybridized carbons (Fsp3) is 0.300. The summed E-state index contributed by atoms with van der Waals surface area (Å²) in [6.45, 7) is 3.48. The Balaban J connectivity index is 2.22. The van der Waals surface area contributed by atoms with Crippen molar-refractivity contribution in [2.24, 2.45) is 0 Å². The number of esters is 2. The molecule has 6 nitrogen and oxygen atoms in total. The summed E-state index contributed by atoms with van der Waals surface area (Å²) < 4.78 is 16.4. The van der Waals surface area contributed by atoms with Crippen LogP contribution in [-0.2, 0) is 19.1 Å². The van der Waals surface area contributed by atoms with Crippen LogP contribution < -0.4 is 10.1 Å². The topological polar surface area (TPSA) is 73.9 Å². The Kier molecular flexibility index (Phi) is 5.56. The Bertz CT molecular complexity index is 836. The SMILES string of the molecule is CCOC(=O)C1(C(=O)OCC)Oc2ccccc2N[C@@H]1c1ccccc1Cl. The van der Waals surface area contributed by atoms with Gasteiger partial charge in [-0.15, -0.1) is 0 Å². The lowest BCUT2D eigenvalue weighted by Crippen LogP contribution is -2.61. The van der Waals surface area contributed by atoms with Crippen molar-refractivity contribution in [2.45, 2.75) is 25.5 Å². The van der Waals surface area contributed by atoms with E-state index in [1.54, 1.807) is 56.3 Å². The number of ether oxygens (including phenoxy) is 3. The molecule has 1 aliphatic heterocycles. The molecule has 0 saturated carbocycles. The highest BCUT2D eigenvalue weighted by Gasteiger charge is 2.61. The van der Waals surface area contributed by atoms with Crippen molar-refractivity contribution in [3.63, 3.8) is 0 Å². The quantitative estimate of drug-likeness (QED) is 0.620. The first-order valence-corrected chi connectivity index (χ1v) is 9.05. The largest absolute Gasteiger partial charge is 0.462 e. The van der Waals surface area contributed by atoms with Gasteiger partial charge in [-0.2, -0.15) is 0 Å². The average molecular weight is 390 g/mol. The van der Waals surface area contributed by atoms with E-state index in [-0.39, 0.29) is 13.2 Å². The molecule has 3 rings (SSSR count). The predicted octanol–water partition coefficient (Wildman–Crippen LogP) is 3.75. The van der Waals surface area contributed by atoms with Crippen LogP contribution in [0.15, 0.2) is 48.5 Å². The molecular weight excluding hydrogens is 370 g/mol. The molecule has 142 valence electrons. The van der Waals surface area contributed by atoms with Gasteiger partial charge in [0.2, 0.25) is 0 Å². The molecule has 1 aliphatic rings. The van der Waals surface area contributed by atoms with Crippen LogP contribution in [0, 0.1) is 0 Å². The third kappa shape index (κ3) is 3.32. The van der Waals surface area contributed by atoms with Crippen LogP contribution in [0.2, 0.25) is 5.02 Å². The third-order valence-electron chi connectivity index (χ3n) is 4.24. The van der Waals surface area contributed by atoms with Gasteiger partial charge in [0.1, 0.15) is 11.8 Å². The van der Waals surface area contributed by atoms with Gasteiger partial charge >= 0.3 is 17.5 Å². The van der Waals surface area contributed by atoms with Crippen LogP contribution in [0.25, 0.3) is 0 Å². The van der Waals surface area contributed by atoms with Gasteiger partial charge in [0.15, 0.2) is 0 Å². The summed E-state index contributed by atoms with van der Waals surface area (Å²) in [4.78, 5) is 26.0. The van der Waals surface area contributed by atoms with Crippen molar-refractivity contribution in [3.05, 3.63) is 59.1 Å². The number of benzene rings is 2. The number of hydrogen-bond acceptors (Lipinski definition) is 6. The summed E-state index contributed by atoms with van der Waals surface area (Å²) in [7, 11) is 0. The zero-order chi connectivity index (χ0) is 19.4. The molecule has 0 radical (unpaired) electrons. The summed E-state index contributed by atoms with van der Waals surface area (Å²) >= 11 is 6.38. The van der Waals surface area contributed by atoms with Crippen LogP contribution in [0.4, 0.5) is 5.69 Å². The minimum Gasteiger partial charge on any atom is -0.462 e. The fourth-order valence-electron chi connectivity index (χ4n) is 3.05. The van der Waals surface area contributed by atoms with Gasteiger partial charge in [-0.05, 0) is 37.6 Å². The summed E-state index contributed by atoms with van der Waals surface area (Å²) in [6, 6.07) is 13.0. The molecule has 0 spiro atoms. The van der Waals surface area contributed by atoms with E-state index in [1.807, 2.05) is 6.07 Å². The van der Waals surface area contributed by atoms with E-state index < -0.39 is 23.6 Å². The molecule has 1 N–H and O–H groups in total. The van der Waals surface area contributed by atoms with Crippen LogP contribution >= 0.6 is 11.6 Å². The lowest BCUT2D eigenvalue weighted by Gasteiger charge is -2.41. The number of anilines is 1. The molecule has 0 aromatic heterocycles. The maximum absolute atomic E-state index is 13.0. The number of halogens is 1. The number of nitrogens with one attached hydrogen (secondary N) is 1. The molecule has 1 heterocycles. The van der Waals surface area contributed by atoms with Crippen molar-refractivity contribution in [1.82, 2.24) is 0 Å². The lowest BCUT2D eigenvalue weighted by molar-refractivity contribution is -0.182. The summed E-state index contributed by atoms with van der Waals surface area (Å²) in [5.41, 5.74) is -0.910. The van der Waals surface area contributed by atoms with Gasteiger partial charge in [-0.3, -0.25) is 0 Å². The Hall–Kier alpha value is -2.73. The van der Waals surface area contributed by atoms with Crippen LogP contribution in [0.1, 0.15) is 25.5 Å². The number of carbonyl (C=O) groups excluding carboxylic acids is 2. The number of hydrogen-bond donors (Lipinski definition) is 1. The van der Waals surface area contributed by atoms with Crippen molar-refractivity contribution >= 4 is 29.2 Å². The van der Waals surface area contributed by atoms with Gasteiger partial charge in [0.25, 0.3) is 0 Å². The Morgan fingerprint density at radius 3 is 2.26 bits per heavy atom. The first-order chi connectivity index (χ1) is 13.0. The highest BCUT2D eigenvalue weighted by Crippen LogP contribution is 2.45. The monoisotopic (exact) mass is 389 g/mol. The van der Waals surface area contributed by atoms with Crippen molar-refractivity contribution in [3.8, 4) is 5.75 Å². The van der Waals surface area contributed by atoms with Crippen LogP contribution in [0.3, 0.4) is 0 Å². The molecule has 2 aromatic carbocycles. The van der Waals surface area contributed by atoms with Crippen LogP contribution in [0.5, 0.6) is 5.75 Å². The second-order valence-corrected chi connectivity index (χ2v) is 6.28. The second kappa shape index (κ2) is 7.88. The molecule has 0 amide bonds. The molecule has 1 atom stereocenters. The second-order valence-electron chi connectivity index (χ2n) is 5.87. The van der Waals surface area contributed by atoms with E-state index in [9.17, 15) is 9.59 Å². The molecule has 0 bridgehead atoms. The smallest absolute Gasteiger partial charge is 0.365 e. The van der Waals surface area contributed by atoms with Gasteiger partial charge in [-0.25, -0.2) is 9.59 Å². The number of rotatable bonds is 5. The van der Waals surface area contributed by atoms with Crippen molar-refractivity contribution in [1.29, 1.82) is 0 Å². The molecule has 2 aromatic rings. The highest BCUT2D eigenvalue weighted by atomic mass is 35.5. The highest BCUT2D eigenvalue weighted by molar-refractivity contribution is 6.31. The van der Waals surface area contributed by atoms with Gasteiger partial charge in [-0.1, -0.05) is 41.9 Å². The standard InChI is InChI=1S/C20H20ClNO5/c1-3-25-18(23)20(19(24)26-4-2)17(13-9-5-6-10-14(13)21)22-15-11-7-8-12-16(15)27-20/h5-12,17,22H,3-4H2,1-2H3/t17-/m1/s1. The average Bonchev–Trinajstić information content (AvgIpc) is 2.67. The van der Waals surface area contributed by atoms with E-state index in [0.29, 0.717) is 22.0 Å².